The third kappa shape index (κ3) is 19.1. The topological polar surface area (TPSA) is 434 Å². The summed E-state index contributed by atoms with van der Waals surface area (Å²) in [5.74, 6) is -1.26. The minimum atomic E-state index is -5.94. The van der Waals surface area contributed by atoms with Gasteiger partial charge in [0.25, 0.3) is 15.6 Å². The van der Waals surface area contributed by atoms with Crippen molar-refractivity contribution in [3.05, 3.63) is 12.7 Å². The zero-order valence-electron chi connectivity index (χ0n) is 38.2. The second-order valence-corrected chi connectivity index (χ2v) is 22.3. The number of hydrogen-bond acceptors (Lipinski definition) is 26. The van der Waals surface area contributed by atoms with Crippen LogP contribution < -0.4 is 35.9 Å². The lowest BCUT2D eigenvalue weighted by atomic mass is 9.87. The number of nitrogens with two attached hydrogens (primary N) is 1. The molecule has 12 atom stereocenters. The number of hydrogen-bond donors (Lipinski definition) is 7. The van der Waals surface area contributed by atoms with Crippen LogP contribution in [0.15, 0.2) is 12.7 Å². The summed E-state index contributed by atoms with van der Waals surface area (Å²) in [4.78, 5) is 96.9. The highest BCUT2D eigenvalue weighted by molar-refractivity contribution is 8.13. The lowest BCUT2D eigenvalue weighted by molar-refractivity contribution is -0.347. The van der Waals surface area contributed by atoms with Crippen LogP contribution in [-0.4, -0.2) is 144 Å². The van der Waals surface area contributed by atoms with Crippen molar-refractivity contribution in [3.8, 4) is 0 Å². The summed E-state index contributed by atoms with van der Waals surface area (Å²) in [5.41, 5.74) is 4.05. The van der Waals surface area contributed by atoms with Crippen LogP contribution in [0.1, 0.15) is 91.7 Å². The number of nitrogens with zero attached hydrogens (tertiary/aromatic N) is 4. The van der Waals surface area contributed by atoms with E-state index in [1.807, 2.05) is 6.92 Å². The standard InChI is InChI=1S/C37H64N7O21P3S/c1-21(61-36-24(46)16-23(45)22(2)62-36)10-8-6-5-7-9-11-27(48)69-15-14-39-26(47)12-13-40-34(51)31(50)37(3,4)18-60-68(57,58)65-67(55,56)59-17-25-30(64-66(52,53)54)29(49)35(63-25)44-20-43-28-32(38)41-19-42-33(28)44/h19-25,29-31,35-36,45-46,49-50H,5-18H2,1-4H3,(H,39,47)(H,40,51)(H,55,56)(H,57,58)(H2,38,41,42)(H2,52,53,54)/p-4/t21-,22+,23-,24-,25-,29-,30-,31+,35-,36-/m1/s1. The highest BCUT2D eigenvalue weighted by Gasteiger charge is 2.47. The number of nitrogen functional groups attached to an aromatic ring is 1. The molecule has 394 valence electrons. The number of carbonyl (C=O) groups is 3. The minimum Gasteiger partial charge on any atom is -0.790 e. The first kappa shape index (κ1) is 59.0. The summed E-state index contributed by atoms with van der Waals surface area (Å²) in [6.07, 6.45) is -4.85. The highest BCUT2D eigenvalue weighted by atomic mass is 32.2. The Hall–Kier alpha value is -2.60. The second kappa shape index (κ2) is 26.4. The van der Waals surface area contributed by atoms with Crippen molar-refractivity contribution in [2.75, 3.05) is 37.8 Å². The summed E-state index contributed by atoms with van der Waals surface area (Å²) in [7, 11) is -17.7. The molecule has 2 aromatic rings. The molecule has 0 radical (unpaired) electrons. The van der Waals surface area contributed by atoms with Gasteiger partial charge in [0.05, 0.1) is 45.7 Å². The molecule has 4 heterocycles. The second-order valence-electron chi connectivity index (χ2n) is 17.0. The summed E-state index contributed by atoms with van der Waals surface area (Å²) in [6.45, 7) is 3.67. The lowest BCUT2D eigenvalue weighted by Crippen LogP contribution is -2.48. The maximum Gasteiger partial charge on any atom is 0.274 e. The number of nitrogens with one attached hydrogen (secondary N) is 2. The molecule has 0 saturated carbocycles. The number of anilines is 1. The average molecular weight is 1060 g/mol. The molecular formula is C37H60N7O21P3S-4. The molecule has 2 amide bonds. The van der Waals surface area contributed by atoms with E-state index in [0.717, 1.165) is 67.5 Å². The number of amides is 2. The minimum absolute atomic E-state index is 0.0164. The number of carbonyl (C=O) groups excluding carboxylic acids is 3. The van der Waals surface area contributed by atoms with Gasteiger partial charge in [-0.3, -0.25) is 28.1 Å². The van der Waals surface area contributed by atoms with Gasteiger partial charge in [0, 0.05) is 43.5 Å². The number of aliphatic hydroxyl groups is 4. The molecule has 69 heavy (non-hydrogen) atoms. The molecule has 2 saturated heterocycles. The molecule has 2 aromatic heterocycles. The van der Waals surface area contributed by atoms with E-state index in [9.17, 15) is 68.1 Å². The predicted molar refractivity (Wildman–Crippen MR) is 232 cm³/mol. The summed E-state index contributed by atoms with van der Waals surface area (Å²) in [6, 6.07) is 0. The molecule has 0 spiro atoms. The van der Waals surface area contributed by atoms with E-state index in [-0.39, 0.29) is 54.1 Å². The Balaban J connectivity index is 1.08. The van der Waals surface area contributed by atoms with Crippen molar-refractivity contribution in [1.29, 1.82) is 0 Å². The number of imidazole rings is 1. The van der Waals surface area contributed by atoms with E-state index in [2.05, 4.69) is 43.5 Å². The monoisotopic (exact) mass is 1060 g/mol. The molecule has 2 unspecified atom stereocenters. The Morgan fingerprint density at radius 2 is 1.64 bits per heavy atom. The van der Waals surface area contributed by atoms with Gasteiger partial charge in [-0.2, -0.15) is 0 Å². The molecule has 4 rings (SSSR count). The number of phosphoric ester groups is 3. The van der Waals surface area contributed by atoms with Gasteiger partial charge in [0.15, 0.2) is 29.1 Å². The fraction of sp³-hybridized carbons (Fsp3) is 0.784. The van der Waals surface area contributed by atoms with Crippen molar-refractivity contribution >= 4 is 69.1 Å². The molecule has 8 N–H and O–H groups in total. The third-order valence-corrected chi connectivity index (χ3v) is 14.7. The fourth-order valence-electron chi connectivity index (χ4n) is 6.94. The molecule has 0 aliphatic carbocycles. The van der Waals surface area contributed by atoms with Crippen molar-refractivity contribution in [3.63, 3.8) is 0 Å². The van der Waals surface area contributed by atoms with Crippen LogP contribution in [0.5, 0.6) is 0 Å². The first-order valence-corrected chi connectivity index (χ1v) is 27.2. The predicted octanol–water partition coefficient (Wildman–Crippen LogP) is -1.87. The van der Waals surface area contributed by atoms with Gasteiger partial charge in [-0.05, 0) is 26.7 Å². The molecule has 2 aliphatic rings. The van der Waals surface area contributed by atoms with Crippen molar-refractivity contribution in [2.45, 2.75) is 147 Å². The van der Waals surface area contributed by atoms with Crippen LogP contribution in [0.4, 0.5) is 5.82 Å². The van der Waals surface area contributed by atoms with Crippen molar-refractivity contribution in [1.82, 2.24) is 30.2 Å². The van der Waals surface area contributed by atoms with Crippen molar-refractivity contribution < 1.29 is 100 Å². The zero-order chi connectivity index (χ0) is 51.3. The Kier molecular flexibility index (Phi) is 22.5. The first-order valence-electron chi connectivity index (χ1n) is 21.8. The smallest absolute Gasteiger partial charge is 0.274 e. The van der Waals surface area contributed by atoms with E-state index in [1.165, 1.54) is 13.8 Å². The summed E-state index contributed by atoms with van der Waals surface area (Å²) in [5, 5.41) is 46.2. The lowest BCUT2D eigenvalue weighted by Gasteiger charge is -2.36. The van der Waals surface area contributed by atoms with Crippen LogP contribution in [0, 0.1) is 5.41 Å². The van der Waals surface area contributed by atoms with E-state index in [1.54, 1.807) is 6.92 Å². The van der Waals surface area contributed by atoms with Gasteiger partial charge in [0.2, 0.25) is 11.8 Å². The van der Waals surface area contributed by atoms with Gasteiger partial charge in [-0.15, -0.1) is 0 Å². The number of aliphatic hydroxyl groups excluding tert-OH is 4. The van der Waals surface area contributed by atoms with Crippen LogP contribution in [0.25, 0.3) is 11.2 Å². The average Bonchev–Trinajstić information content (AvgIpc) is 3.82. The molecule has 2 aliphatic heterocycles. The quantitative estimate of drug-likeness (QED) is 0.0347. The molecule has 2 fully saturated rings. The van der Waals surface area contributed by atoms with Crippen LogP contribution in [-0.2, 0) is 60.2 Å². The maximum absolute atomic E-state index is 12.6. The molecule has 28 nitrogen and oxygen atoms in total. The molecular weight excluding hydrogens is 1000 g/mol. The third-order valence-electron chi connectivity index (χ3n) is 10.8. The Morgan fingerprint density at radius 3 is 2.35 bits per heavy atom. The van der Waals surface area contributed by atoms with Gasteiger partial charge in [-0.25, -0.2) is 19.3 Å². The van der Waals surface area contributed by atoms with Gasteiger partial charge in [-0.1, -0.05) is 51.3 Å². The number of unbranched alkanes of at least 4 members (excludes halogenated alkanes) is 4. The van der Waals surface area contributed by atoms with Crippen LogP contribution in [0.2, 0.25) is 0 Å². The van der Waals surface area contributed by atoms with Gasteiger partial charge < -0.3 is 88.7 Å². The largest absolute Gasteiger partial charge is 0.790 e. The zero-order valence-corrected chi connectivity index (χ0v) is 41.7. The Morgan fingerprint density at radius 1 is 0.957 bits per heavy atom. The number of aromatic nitrogens is 4. The molecule has 0 aromatic carbocycles. The number of ether oxygens (including phenoxy) is 3. The van der Waals surface area contributed by atoms with Crippen molar-refractivity contribution in [2.24, 2.45) is 5.41 Å². The van der Waals surface area contributed by atoms with E-state index in [0.29, 0.717) is 12.2 Å². The SMILES string of the molecule is C[C@H](CCCCCCCC(=O)SCCNC(=O)CCNC(=O)[C@H](O)C(C)(C)COP(=O)([O-])OP(=O)([O-])OC[C@H]1O[C@@H](n2cnc3c(N)ncnc32)[C@H](O)[C@@H]1OP(=O)([O-])[O-])O[C@@H]1O[C@@H](C)[C@H](O)C[C@H]1O. The normalized spacial score (nSPS) is 26.0. The fourth-order valence-corrected chi connectivity index (χ4v) is 10.4. The number of fused-ring (bicyclic) bond motifs is 1. The van der Waals surface area contributed by atoms with Crippen LogP contribution >= 0.6 is 35.2 Å². The van der Waals surface area contributed by atoms with Crippen LogP contribution in [0.3, 0.4) is 0 Å². The number of thioether (sulfide) groups is 1. The molecule has 0 bridgehead atoms. The number of phosphoric acid groups is 3. The first-order chi connectivity index (χ1) is 32.2. The Bertz CT molecular complexity index is 2160. The number of rotatable bonds is 29. The highest BCUT2D eigenvalue weighted by Crippen LogP contribution is 2.56. The maximum atomic E-state index is 12.6. The van der Waals surface area contributed by atoms with E-state index >= 15 is 0 Å². The summed E-state index contributed by atoms with van der Waals surface area (Å²) >= 11 is 1.08. The van der Waals surface area contributed by atoms with E-state index < -0.39 is 109 Å². The van der Waals surface area contributed by atoms with E-state index in [4.69, 9.17) is 19.9 Å². The van der Waals surface area contributed by atoms with Gasteiger partial charge in [0.1, 0.15) is 42.4 Å². The molecule has 32 heteroatoms. The van der Waals surface area contributed by atoms with Gasteiger partial charge >= 0.3 is 0 Å². The summed E-state index contributed by atoms with van der Waals surface area (Å²) < 4.78 is 72.1. The Labute approximate surface area is 401 Å².